The van der Waals surface area contributed by atoms with Crippen molar-refractivity contribution < 1.29 is 20.4 Å². The van der Waals surface area contributed by atoms with Crippen molar-refractivity contribution in [3.05, 3.63) is 65.2 Å². The Morgan fingerprint density at radius 3 is 1.52 bits per heavy atom. The van der Waals surface area contributed by atoms with Crippen molar-refractivity contribution in [2.75, 3.05) is 0 Å². The molecule has 0 bridgehead atoms. The minimum atomic E-state index is -0.169. The molecule has 29 heavy (non-hydrogen) atoms. The summed E-state index contributed by atoms with van der Waals surface area (Å²) in [5, 5.41) is 41.8. The minimum absolute atomic E-state index is 0.147. The van der Waals surface area contributed by atoms with Gasteiger partial charge in [0.05, 0.1) is 27.9 Å². The van der Waals surface area contributed by atoms with Gasteiger partial charge < -0.3 is 20.4 Å². The third-order valence-electron chi connectivity index (χ3n) is 5.68. The zero-order valence-electron chi connectivity index (χ0n) is 16.0. The van der Waals surface area contributed by atoms with E-state index in [0.717, 1.165) is 12.0 Å². The number of nitrogens with zero attached hydrogens (tertiary/aromatic N) is 2. The first-order valence-corrected chi connectivity index (χ1v) is 9.31. The van der Waals surface area contributed by atoms with E-state index in [1.54, 1.807) is 0 Å². The van der Waals surface area contributed by atoms with Crippen molar-refractivity contribution in [3.8, 4) is 51.5 Å². The van der Waals surface area contributed by atoms with Crippen molar-refractivity contribution in [3.63, 3.8) is 0 Å². The molecule has 0 atom stereocenters. The Hall–Kier alpha value is -3.80. The van der Waals surface area contributed by atoms with E-state index in [1.165, 1.54) is 27.3 Å². The number of aromatic nitrogens is 2. The average molecular weight is 388 g/mol. The maximum absolute atomic E-state index is 10.7. The summed E-state index contributed by atoms with van der Waals surface area (Å²) in [5.41, 5.74) is 5.51. The van der Waals surface area contributed by atoms with Crippen LogP contribution in [0.2, 0.25) is 0 Å². The molecule has 0 spiro atoms. The molecule has 0 aliphatic heterocycles. The van der Waals surface area contributed by atoms with Crippen LogP contribution in [0.3, 0.4) is 0 Å². The summed E-state index contributed by atoms with van der Waals surface area (Å²) in [4.78, 5) is 0. The third-order valence-corrected chi connectivity index (χ3v) is 5.68. The predicted octanol–water partition coefficient (Wildman–Crippen LogP) is 4.18. The molecular formula is C23H20N2O4. The molecule has 0 fully saturated rings. The van der Waals surface area contributed by atoms with Gasteiger partial charge in [0, 0.05) is 7.05 Å². The molecule has 2 heterocycles. The van der Waals surface area contributed by atoms with E-state index in [1.807, 2.05) is 24.3 Å². The molecule has 6 nitrogen and oxygen atoms in total. The highest BCUT2D eigenvalue weighted by atomic mass is 16.3. The van der Waals surface area contributed by atoms with E-state index in [0.29, 0.717) is 27.9 Å². The van der Waals surface area contributed by atoms with Crippen LogP contribution in [0.15, 0.2) is 48.5 Å². The van der Waals surface area contributed by atoms with Crippen LogP contribution in [-0.2, 0) is 13.5 Å². The summed E-state index contributed by atoms with van der Waals surface area (Å²) < 4.78 is 2.53. The molecule has 4 aromatic rings. The van der Waals surface area contributed by atoms with Gasteiger partial charge in [0.1, 0.15) is 0 Å². The smallest absolute Gasteiger partial charge is 0.207 e. The van der Waals surface area contributed by atoms with Crippen LogP contribution in [0.5, 0.6) is 23.5 Å². The van der Waals surface area contributed by atoms with Crippen LogP contribution < -0.4 is 0 Å². The molecule has 4 N–H and O–H groups in total. The standard InChI is InChI=1S/C23H20N2O4/c1-12-3-5-13(6-4-12)11-14-7-9-15(10-8-14)25-22(28)18-16-17(19(18)23(25)29)21(27)24(2)20(16)26/h3-10,26-29H,11H2,1-2H3. The lowest BCUT2D eigenvalue weighted by molar-refractivity contribution is 0.387. The van der Waals surface area contributed by atoms with E-state index in [4.69, 9.17) is 0 Å². The first-order chi connectivity index (χ1) is 13.9. The Balaban J connectivity index is 1.51. The highest BCUT2D eigenvalue weighted by Crippen LogP contribution is 2.65. The van der Waals surface area contributed by atoms with Crippen LogP contribution >= 0.6 is 0 Å². The lowest BCUT2D eigenvalue weighted by atomic mass is 9.86. The normalized spacial score (nSPS) is 11.8. The van der Waals surface area contributed by atoms with Gasteiger partial charge in [-0.2, -0.15) is 0 Å². The summed E-state index contributed by atoms with van der Waals surface area (Å²) in [5.74, 6) is -0.633. The van der Waals surface area contributed by atoms with Gasteiger partial charge in [-0.3, -0.25) is 9.13 Å². The van der Waals surface area contributed by atoms with Gasteiger partial charge in [0.15, 0.2) is 0 Å². The van der Waals surface area contributed by atoms with Crippen LogP contribution in [0.4, 0.5) is 0 Å². The van der Waals surface area contributed by atoms with Crippen molar-refractivity contribution in [2.24, 2.45) is 7.05 Å². The number of rotatable bonds is 3. The topological polar surface area (TPSA) is 90.8 Å². The molecule has 0 saturated heterocycles. The fourth-order valence-corrected chi connectivity index (χ4v) is 4.04. The Labute approximate surface area is 167 Å². The maximum atomic E-state index is 10.7. The lowest BCUT2D eigenvalue weighted by Crippen LogP contribution is -1.94. The Bertz CT molecular complexity index is 1210. The second kappa shape index (κ2) is 5.85. The second-order valence-corrected chi connectivity index (χ2v) is 7.52. The zero-order valence-corrected chi connectivity index (χ0v) is 16.0. The van der Waals surface area contributed by atoms with Crippen molar-refractivity contribution in [1.29, 1.82) is 0 Å². The molecule has 2 aromatic carbocycles. The molecular weight excluding hydrogens is 368 g/mol. The van der Waals surface area contributed by atoms with E-state index >= 15 is 0 Å². The predicted molar refractivity (Wildman–Crippen MR) is 110 cm³/mol. The third kappa shape index (κ3) is 2.29. The Morgan fingerprint density at radius 1 is 0.621 bits per heavy atom. The van der Waals surface area contributed by atoms with Gasteiger partial charge in [-0.15, -0.1) is 0 Å². The molecule has 0 saturated carbocycles. The first-order valence-electron chi connectivity index (χ1n) is 9.31. The summed E-state index contributed by atoms with van der Waals surface area (Å²) in [6.07, 6.45) is 0.786. The molecule has 5 rings (SSSR count). The van der Waals surface area contributed by atoms with Crippen LogP contribution in [0.25, 0.3) is 27.9 Å². The number of aromatic hydroxyl groups is 4. The van der Waals surface area contributed by atoms with E-state index in [2.05, 4.69) is 31.2 Å². The molecule has 0 radical (unpaired) electrons. The van der Waals surface area contributed by atoms with Gasteiger partial charge in [0.25, 0.3) is 0 Å². The monoisotopic (exact) mass is 388 g/mol. The number of hydrogen-bond donors (Lipinski definition) is 4. The number of benzene rings is 2. The highest BCUT2D eigenvalue weighted by molar-refractivity contribution is 6.12. The Kier molecular flexibility index (Phi) is 3.49. The van der Waals surface area contributed by atoms with Crippen LogP contribution in [0, 0.1) is 6.92 Å². The largest absolute Gasteiger partial charge is 0.494 e. The van der Waals surface area contributed by atoms with Gasteiger partial charge >= 0.3 is 0 Å². The maximum Gasteiger partial charge on any atom is 0.207 e. The van der Waals surface area contributed by atoms with E-state index in [-0.39, 0.29) is 23.5 Å². The molecule has 1 aliphatic carbocycles. The number of fused-ring (bicyclic) bond motifs is 4. The molecule has 146 valence electrons. The van der Waals surface area contributed by atoms with Crippen molar-refractivity contribution in [1.82, 2.24) is 9.13 Å². The fraction of sp³-hybridized carbons (Fsp3) is 0.130. The number of hydrogen-bond acceptors (Lipinski definition) is 4. The first kappa shape index (κ1) is 17.3. The van der Waals surface area contributed by atoms with Crippen molar-refractivity contribution in [2.45, 2.75) is 13.3 Å². The zero-order chi connectivity index (χ0) is 20.4. The lowest BCUT2D eigenvalue weighted by Gasteiger charge is -2.14. The highest BCUT2D eigenvalue weighted by Gasteiger charge is 2.42. The van der Waals surface area contributed by atoms with E-state index in [9.17, 15) is 20.4 Å². The Morgan fingerprint density at radius 2 is 1.03 bits per heavy atom. The molecule has 6 heteroatoms. The van der Waals surface area contributed by atoms with Gasteiger partial charge in [0.2, 0.25) is 23.5 Å². The van der Waals surface area contributed by atoms with Gasteiger partial charge in [-0.25, -0.2) is 0 Å². The average Bonchev–Trinajstić information content (AvgIpc) is 2.99. The molecule has 1 aliphatic rings. The van der Waals surface area contributed by atoms with Crippen molar-refractivity contribution >= 4 is 0 Å². The summed E-state index contributed by atoms with van der Waals surface area (Å²) in [6.45, 7) is 2.06. The second-order valence-electron chi connectivity index (χ2n) is 7.52. The van der Waals surface area contributed by atoms with Gasteiger partial charge in [-0.1, -0.05) is 42.0 Å². The molecule has 0 amide bonds. The molecule has 2 aromatic heterocycles. The fourth-order valence-electron chi connectivity index (χ4n) is 4.04. The minimum Gasteiger partial charge on any atom is -0.494 e. The summed E-state index contributed by atoms with van der Waals surface area (Å²) in [6, 6.07) is 15.9. The summed E-state index contributed by atoms with van der Waals surface area (Å²) >= 11 is 0. The number of aryl methyl sites for hydroxylation is 1. The quantitative estimate of drug-likeness (QED) is 0.373. The van der Waals surface area contributed by atoms with Crippen LogP contribution in [0.1, 0.15) is 16.7 Å². The molecule has 0 unspecified atom stereocenters. The van der Waals surface area contributed by atoms with Gasteiger partial charge in [-0.05, 0) is 36.6 Å². The summed E-state index contributed by atoms with van der Waals surface area (Å²) in [7, 11) is 1.51. The SMILES string of the molecule is Cc1ccc(Cc2ccc(-n3c(O)c4c(c3O)-c3c-4c(O)n(C)c3O)cc2)cc1. The van der Waals surface area contributed by atoms with Crippen LogP contribution in [-0.4, -0.2) is 29.6 Å². The van der Waals surface area contributed by atoms with E-state index < -0.39 is 0 Å².